The molecule has 0 heterocycles. The zero-order valence-electron chi connectivity index (χ0n) is 10.1. The van der Waals surface area contributed by atoms with E-state index in [2.05, 4.69) is 11.8 Å². The lowest BCUT2D eigenvalue weighted by molar-refractivity contribution is -0.136. The van der Waals surface area contributed by atoms with Crippen LogP contribution in [0.4, 0.5) is 0 Å². The summed E-state index contributed by atoms with van der Waals surface area (Å²) in [6, 6.07) is 5.18. The molecule has 0 atom stereocenters. The molecule has 4 nitrogen and oxygen atoms in total. The van der Waals surface area contributed by atoms with E-state index in [1.807, 2.05) is 0 Å². The van der Waals surface area contributed by atoms with Gasteiger partial charge in [-0.05, 0) is 19.1 Å². The SMILES string of the molecule is CCOC(=O)C#Cc1ccc(OC)cc1OC. The highest BCUT2D eigenvalue weighted by molar-refractivity contribution is 5.89. The molecule has 0 saturated carbocycles. The van der Waals surface area contributed by atoms with Crippen molar-refractivity contribution in [2.75, 3.05) is 20.8 Å². The van der Waals surface area contributed by atoms with Gasteiger partial charge in [-0.3, -0.25) is 0 Å². The van der Waals surface area contributed by atoms with Gasteiger partial charge in [0, 0.05) is 12.0 Å². The highest BCUT2D eigenvalue weighted by atomic mass is 16.5. The lowest BCUT2D eigenvalue weighted by Crippen LogP contribution is -1.99. The number of ether oxygens (including phenoxy) is 3. The van der Waals surface area contributed by atoms with Crippen molar-refractivity contribution in [3.05, 3.63) is 23.8 Å². The zero-order chi connectivity index (χ0) is 12.7. The Labute approximate surface area is 100 Å². The first-order chi connectivity index (χ1) is 8.21. The minimum absolute atomic E-state index is 0.313. The Hall–Kier alpha value is -2.15. The number of rotatable bonds is 3. The van der Waals surface area contributed by atoms with Crippen LogP contribution in [-0.4, -0.2) is 26.8 Å². The molecule has 0 radical (unpaired) electrons. The molecule has 0 aliphatic carbocycles. The summed E-state index contributed by atoms with van der Waals surface area (Å²) in [6.07, 6.45) is 0. The summed E-state index contributed by atoms with van der Waals surface area (Å²) in [4.78, 5) is 11.1. The van der Waals surface area contributed by atoms with Crippen molar-refractivity contribution in [1.29, 1.82) is 0 Å². The van der Waals surface area contributed by atoms with Crippen molar-refractivity contribution in [3.63, 3.8) is 0 Å². The predicted molar refractivity (Wildman–Crippen MR) is 63.1 cm³/mol. The zero-order valence-corrected chi connectivity index (χ0v) is 10.1. The maximum absolute atomic E-state index is 11.1. The molecule has 0 bridgehead atoms. The van der Waals surface area contributed by atoms with Crippen molar-refractivity contribution < 1.29 is 19.0 Å². The molecule has 0 saturated heterocycles. The molecule has 17 heavy (non-hydrogen) atoms. The third-order valence-corrected chi connectivity index (χ3v) is 1.98. The first-order valence-corrected chi connectivity index (χ1v) is 5.12. The molecule has 0 spiro atoms. The topological polar surface area (TPSA) is 44.8 Å². The summed E-state index contributed by atoms with van der Waals surface area (Å²) in [7, 11) is 3.10. The Balaban J connectivity index is 2.94. The van der Waals surface area contributed by atoms with Gasteiger partial charge in [0.05, 0.1) is 26.4 Å². The van der Waals surface area contributed by atoms with Crippen LogP contribution in [0.5, 0.6) is 11.5 Å². The second-order valence-corrected chi connectivity index (χ2v) is 3.04. The molecule has 0 aliphatic rings. The summed E-state index contributed by atoms with van der Waals surface area (Å²) < 4.78 is 14.9. The van der Waals surface area contributed by atoms with E-state index in [1.165, 1.54) is 7.11 Å². The molecule has 0 N–H and O–H groups in total. The van der Waals surface area contributed by atoms with Crippen LogP contribution in [0.1, 0.15) is 12.5 Å². The summed E-state index contributed by atoms with van der Waals surface area (Å²) in [5.41, 5.74) is 0.612. The second-order valence-electron chi connectivity index (χ2n) is 3.04. The lowest BCUT2D eigenvalue weighted by Gasteiger charge is -2.05. The van der Waals surface area contributed by atoms with Crippen LogP contribution < -0.4 is 9.47 Å². The highest BCUT2D eigenvalue weighted by Crippen LogP contribution is 2.23. The van der Waals surface area contributed by atoms with Gasteiger partial charge in [-0.1, -0.05) is 5.92 Å². The van der Waals surface area contributed by atoms with Gasteiger partial charge in [-0.2, -0.15) is 0 Å². The Kier molecular flexibility index (Phi) is 4.89. The van der Waals surface area contributed by atoms with Crippen molar-refractivity contribution in [3.8, 4) is 23.3 Å². The van der Waals surface area contributed by atoms with E-state index in [9.17, 15) is 4.79 Å². The minimum atomic E-state index is -0.551. The first kappa shape index (κ1) is 12.9. The van der Waals surface area contributed by atoms with Gasteiger partial charge in [-0.15, -0.1) is 0 Å². The average Bonchev–Trinajstić information content (AvgIpc) is 2.36. The predicted octanol–water partition coefficient (Wildman–Crippen LogP) is 1.62. The van der Waals surface area contributed by atoms with Crippen LogP contribution in [0.2, 0.25) is 0 Å². The van der Waals surface area contributed by atoms with Crippen LogP contribution in [-0.2, 0) is 9.53 Å². The van der Waals surface area contributed by atoms with E-state index in [0.717, 1.165) is 0 Å². The van der Waals surface area contributed by atoms with Gasteiger partial charge in [0.2, 0.25) is 0 Å². The van der Waals surface area contributed by atoms with E-state index in [1.54, 1.807) is 32.2 Å². The maximum atomic E-state index is 11.1. The molecule has 0 aromatic heterocycles. The molecular weight excluding hydrogens is 220 g/mol. The van der Waals surface area contributed by atoms with Gasteiger partial charge in [0.15, 0.2) is 0 Å². The highest BCUT2D eigenvalue weighted by Gasteiger charge is 2.02. The monoisotopic (exact) mass is 234 g/mol. The number of carbonyl (C=O) groups is 1. The summed E-state index contributed by atoms with van der Waals surface area (Å²) in [5, 5.41) is 0. The Morgan fingerprint density at radius 1 is 1.29 bits per heavy atom. The molecule has 1 rings (SSSR count). The number of hydrogen-bond acceptors (Lipinski definition) is 4. The fourth-order valence-corrected chi connectivity index (χ4v) is 1.19. The second kappa shape index (κ2) is 6.44. The molecule has 0 aliphatic heterocycles. The molecule has 4 heteroatoms. The largest absolute Gasteiger partial charge is 0.497 e. The fraction of sp³-hybridized carbons (Fsp3) is 0.308. The van der Waals surface area contributed by atoms with Crippen LogP contribution in [0.25, 0.3) is 0 Å². The molecule has 1 aromatic rings. The number of benzene rings is 1. The van der Waals surface area contributed by atoms with E-state index in [4.69, 9.17) is 14.2 Å². The first-order valence-electron chi connectivity index (χ1n) is 5.12. The average molecular weight is 234 g/mol. The molecule has 1 aromatic carbocycles. The number of esters is 1. The van der Waals surface area contributed by atoms with Crippen LogP contribution >= 0.6 is 0 Å². The normalized spacial score (nSPS) is 8.88. The van der Waals surface area contributed by atoms with Crippen molar-refractivity contribution in [1.82, 2.24) is 0 Å². The van der Waals surface area contributed by atoms with Crippen molar-refractivity contribution >= 4 is 5.97 Å². The van der Waals surface area contributed by atoms with Gasteiger partial charge in [0.1, 0.15) is 11.5 Å². The Morgan fingerprint density at radius 2 is 2.06 bits per heavy atom. The Morgan fingerprint density at radius 3 is 2.65 bits per heavy atom. The van der Waals surface area contributed by atoms with Crippen LogP contribution in [0.15, 0.2) is 18.2 Å². The van der Waals surface area contributed by atoms with E-state index in [-0.39, 0.29) is 0 Å². The molecule has 0 amide bonds. The van der Waals surface area contributed by atoms with Gasteiger partial charge in [-0.25, -0.2) is 4.79 Å². The molecule has 0 fully saturated rings. The molecule has 90 valence electrons. The smallest absolute Gasteiger partial charge is 0.384 e. The van der Waals surface area contributed by atoms with E-state index < -0.39 is 5.97 Å². The van der Waals surface area contributed by atoms with Crippen LogP contribution in [0.3, 0.4) is 0 Å². The molecular formula is C13H14O4. The lowest BCUT2D eigenvalue weighted by atomic mass is 10.2. The van der Waals surface area contributed by atoms with Crippen LogP contribution in [0, 0.1) is 11.8 Å². The molecule has 0 unspecified atom stereocenters. The summed E-state index contributed by atoms with van der Waals surface area (Å²) in [5.74, 6) is 5.75. The van der Waals surface area contributed by atoms with Gasteiger partial charge in [0.25, 0.3) is 0 Å². The minimum Gasteiger partial charge on any atom is -0.497 e. The van der Waals surface area contributed by atoms with Crippen molar-refractivity contribution in [2.24, 2.45) is 0 Å². The standard InChI is InChI=1S/C13H14O4/c1-4-17-13(14)8-6-10-5-7-11(15-2)9-12(10)16-3/h5,7,9H,4H2,1-3H3. The quantitative estimate of drug-likeness (QED) is 0.589. The summed E-state index contributed by atoms with van der Waals surface area (Å²) in [6.45, 7) is 2.04. The third-order valence-electron chi connectivity index (χ3n) is 1.98. The fourth-order valence-electron chi connectivity index (χ4n) is 1.19. The van der Waals surface area contributed by atoms with Gasteiger partial charge >= 0.3 is 5.97 Å². The number of methoxy groups -OCH3 is 2. The number of carbonyl (C=O) groups excluding carboxylic acids is 1. The number of hydrogen-bond donors (Lipinski definition) is 0. The van der Waals surface area contributed by atoms with Gasteiger partial charge < -0.3 is 14.2 Å². The third kappa shape index (κ3) is 3.72. The van der Waals surface area contributed by atoms with Crippen molar-refractivity contribution in [2.45, 2.75) is 6.92 Å². The van der Waals surface area contributed by atoms with E-state index in [0.29, 0.717) is 23.7 Å². The maximum Gasteiger partial charge on any atom is 0.384 e. The summed E-state index contributed by atoms with van der Waals surface area (Å²) >= 11 is 0. The van der Waals surface area contributed by atoms with E-state index >= 15 is 0 Å². The Bertz CT molecular complexity index is 454.